The fourth-order valence-corrected chi connectivity index (χ4v) is 2.53. The fraction of sp³-hybridized carbons (Fsp3) is 0.500. The second-order valence-corrected chi connectivity index (χ2v) is 5.93. The highest BCUT2D eigenvalue weighted by atomic mass is 15.0. The monoisotopic (exact) mass is 227 g/mol. The molecule has 0 aliphatic heterocycles. The van der Waals surface area contributed by atoms with Gasteiger partial charge in [0.25, 0.3) is 0 Å². The quantitative estimate of drug-likeness (QED) is 0.766. The van der Waals surface area contributed by atoms with E-state index in [1.54, 1.807) is 0 Å². The summed E-state index contributed by atoms with van der Waals surface area (Å²) in [5, 5.41) is 3.53. The lowest BCUT2D eigenvalue weighted by Gasteiger charge is -2.03. The van der Waals surface area contributed by atoms with Crippen LogP contribution < -0.4 is 5.32 Å². The summed E-state index contributed by atoms with van der Waals surface area (Å²) in [4.78, 5) is 0. The number of hydrogen-bond acceptors (Lipinski definition) is 1. The molecular weight excluding hydrogens is 206 g/mol. The van der Waals surface area contributed by atoms with Gasteiger partial charge in [-0.3, -0.25) is 0 Å². The Morgan fingerprint density at radius 1 is 1.06 bits per heavy atom. The van der Waals surface area contributed by atoms with Crippen molar-refractivity contribution in [3.05, 3.63) is 35.9 Å². The van der Waals surface area contributed by atoms with E-state index >= 15 is 0 Å². The molecule has 0 aromatic heterocycles. The zero-order valence-electron chi connectivity index (χ0n) is 11.2. The van der Waals surface area contributed by atoms with Crippen LogP contribution in [0.4, 0.5) is 0 Å². The molecule has 0 unspecified atom stereocenters. The third-order valence-electron chi connectivity index (χ3n) is 4.42. The SMILES string of the molecule is CC1(C)C(NCC#Cc2ccccc2)C1(C)C. The van der Waals surface area contributed by atoms with E-state index in [4.69, 9.17) is 0 Å². The summed E-state index contributed by atoms with van der Waals surface area (Å²) in [6, 6.07) is 10.7. The lowest BCUT2D eigenvalue weighted by Crippen LogP contribution is -2.22. The molecule has 0 radical (unpaired) electrons. The van der Waals surface area contributed by atoms with Gasteiger partial charge in [0.1, 0.15) is 0 Å². The number of hydrogen-bond donors (Lipinski definition) is 1. The third-order valence-corrected chi connectivity index (χ3v) is 4.42. The lowest BCUT2D eigenvalue weighted by atomic mass is 10.0. The molecule has 0 saturated heterocycles. The fourth-order valence-electron chi connectivity index (χ4n) is 2.53. The molecule has 2 rings (SSSR count). The third kappa shape index (κ3) is 2.23. The average molecular weight is 227 g/mol. The van der Waals surface area contributed by atoms with Gasteiger partial charge < -0.3 is 5.32 Å². The van der Waals surface area contributed by atoms with Gasteiger partial charge in [-0.25, -0.2) is 0 Å². The van der Waals surface area contributed by atoms with E-state index in [9.17, 15) is 0 Å². The molecule has 1 heteroatoms. The van der Waals surface area contributed by atoms with E-state index in [2.05, 4.69) is 44.9 Å². The Labute approximate surface area is 105 Å². The van der Waals surface area contributed by atoms with Crippen molar-refractivity contribution >= 4 is 0 Å². The van der Waals surface area contributed by atoms with Gasteiger partial charge in [-0.15, -0.1) is 0 Å². The normalized spacial score (nSPS) is 20.5. The molecule has 1 aromatic carbocycles. The summed E-state index contributed by atoms with van der Waals surface area (Å²) in [6.45, 7) is 10.0. The number of rotatable bonds is 2. The van der Waals surface area contributed by atoms with Crippen LogP contribution in [0.25, 0.3) is 0 Å². The predicted octanol–water partition coefficient (Wildman–Crippen LogP) is 3.06. The first kappa shape index (κ1) is 12.2. The molecule has 0 amide bonds. The number of benzene rings is 1. The van der Waals surface area contributed by atoms with Crippen LogP contribution >= 0.6 is 0 Å². The molecule has 1 aliphatic rings. The maximum atomic E-state index is 3.53. The zero-order valence-corrected chi connectivity index (χ0v) is 11.2. The van der Waals surface area contributed by atoms with Crippen LogP contribution in [-0.2, 0) is 0 Å². The van der Waals surface area contributed by atoms with Crippen molar-refractivity contribution in [1.29, 1.82) is 0 Å². The minimum absolute atomic E-state index is 0.390. The first-order valence-electron chi connectivity index (χ1n) is 6.23. The van der Waals surface area contributed by atoms with Crippen molar-refractivity contribution in [3.8, 4) is 11.8 Å². The van der Waals surface area contributed by atoms with Crippen molar-refractivity contribution in [2.24, 2.45) is 10.8 Å². The topological polar surface area (TPSA) is 12.0 Å². The highest BCUT2D eigenvalue weighted by molar-refractivity contribution is 5.34. The van der Waals surface area contributed by atoms with Gasteiger partial charge in [-0.1, -0.05) is 57.7 Å². The van der Waals surface area contributed by atoms with Crippen LogP contribution in [-0.4, -0.2) is 12.6 Å². The van der Waals surface area contributed by atoms with Gasteiger partial charge in [0.05, 0.1) is 6.54 Å². The molecule has 0 bridgehead atoms. The van der Waals surface area contributed by atoms with Gasteiger partial charge in [0, 0.05) is 11.6 Å². The highest BCUT2D eigenvalue weighted by Gasteiger charge is 2.64. The molecule has 0 atom stereocenters. The first-order valence-corrected chi connectivity index (χ1v) is 6.23. The second-order valence-electron chi connectivity index (χ2n) is 5.93. The predicted molar refractivity (Wildman–Crippen MR) is 72.7 cm³/mol. The van der Waals surface area contributed by atoms with E-state index in [1.165, 1.54) is 0 Å². The average Bonchev–Trinajstić information content (AvgIpc) is 2.67. The van der Waals surface area contributed by atoms with Crippen LogP contribution in [0.5, 0.6) is 0 Å². The van der Waals surface area contributed by atoms with Crippen molar-refractivity contribution in [2.75, 3.05) is 6.54 Å². The van der Waals surface area contributed by atoms with Crippen LogP contribution in [0.15, 0.2) is 30.3 Å². The van der Waals surface area contributed by atoms with E-state index in [0.717, 1.165) is 12.1 Å². The maximum absolute atomic E-state index is 3.53. The summed E-state index contributed by atoms with van der Waals surface area (Å²) in [7, 11) is 0. The molecule has 1 saturated carbocycles. The van der Waals surface area contributed by atoms with Gasteiger partial charge >= 0.3 is 0 Å². The van der Waals surface area contributed by atoms with E-state index in [1.807, 2.05) is 30.3 Å². The number of nitrogens with one attached hydrogen (secondary N) is 1. The van der Waals surface area contributed by atoms with Crippen molar-refractivity contribution in [3.63, 3.8) is 0 Å². The Kier molecular flexibility index (Phi) is 3.02. The summed E-state index contributed by atoms with van der Waals surface area (Å²) in [5.74, 6) is 6.36. The minimum atomic E-state index is 0.390. The van der Waals surface area contributed by atoms with Crippen molar-refractivity contribution in [1.82, 2.24) is 5.32 Å². The Morgan fingerprint density at radius 2 is 1.65 bits per heavy atom. The van der Waals surface area contributed by atoms with E-state index in [0.29, 0.717) is 16.9 Å². The van der Waals surface area contributed by atoms with Gasteiger partial charge in [0.15, 0.2) is 0 Å². The van der Waals surface area contributed by atoms with E-state index in [-0.39, 0.29) is 0 Å². The summed E-state index contributed by atoms with van der Waals surface area (Å²) < 4.78 is 0. The largest absolute Gasteiger partial charge is 0.302 e. The van der Waals surface area contributed by atoms with Crippen LogP contribution in [0, 0.1) is 22.7 Å². The molecule has 1 fully saturated rings. The summed E-state index contributed by atoms with van der Waals surface area (Å²) in [5.41, 5.74) is 1.87. The molecule has 0 spiro atoms. The lowest BCUT2D eigenvalue weighted by molar-refractivity contribution is 0.457. The van der Waals surface area contributed by atoms with Crippen LogP contribution in [0.2, 0.25) is 0 Å². The molecular formula is C16H21N. The molecule has 90 valence electrons. The Morgan fingerprint density at radius 3 is 2.18 bits per heavy atom. The molecule has 1 aliphatic carbocycles. The van der Waals surface area contributed by atoms with Gasteiger partial charge in [0.2, 0.25) is 0 Å². The standard InChI is InChI=1S/C16H21N/c1-15(2)14(16(15,3)4)17-12-8-11-13-9-6-5-7-10-13/h5-7,9-10,14,17H,12H2,1-4H3. The van der Waals surface area contributed by atoms with Gasteiger partial charge in [-0.2, -0.15) is 0 Å². The van der Waals surface area contributed by atoms with Crippen molar-refractivity contribution < 1.29 is 0 Å². The summed E-state index contributed by atoms with van der Waals surface area (Å²) >= 11 is 0. The van der Waals surface area contributed by atoms with Crippen LogP contribution in [0.3, 0.4) is 0 Å². The highest BCUT2D eigenvalue weighted by Crippen LogP contribution is 2.62. The molecule has 1 aromatic rings. The molecule has 1 N–H and O–H groups in total. The van der Waals surface area contributed by atoms with Crippen LogP contribution in [0.1, 0.15) is 33.3 Å². The Balaban J connectivity index is 1.85. The van der Waals surface area contributed by atoms with Crippen molar-refractivity contribution in [2.45, 2.75) is 33.7 Å². The summed E-state index contributed by atoms with van der Waals surface area (Å²) in [6.07, 6.45) is 0. The maximum Gasteiger partial charge on any atom is 0.0582 e. The molecule has 0 heterocycles. The zero-order chi connectivity index (χ0) is 12.5. The van der Waals surface area contributed by atoms with Gasteiger partial charge in [-0.05, 0) is 23.0 Å². The molecule has 17 heavy (non-hydrogen) atoms. The first-order chi connectivity index (χ1) is 7.96. The van der Waals surface area contributed by atoms with E-state index < -0.39 is 0 Å². The Bertz CT molecular complexity index is 431. The molecule has 1 nitrogen and oxygen atoms in total. The second kappa shape index (κ2) is 4.20. The smallest absolute Gasteiger partial charge is 0.0582 e. The minimum Gasteiger partial charge on any atom is -0.302 e. The Hall–Kier alpha value is -1.26.